The summed E-state index contributed by atoms with van der Waals surface area (Å²) in [5.41, 5.74) is 4.37. The molecule has 1 atom stereocenters. The summed E-state index contributed by atoms with van der Waals surface area (Å²) in [6, 6.07) is 9.73. The highest BCUT2D eigenvalue weighted by molar-refractivity contribution is 7.21. The third-order valence-electron chi connectivity index (χ3n) is 3.95. The molecule has 3 aromatic rings. The highest BCUT2D eigenvalue weighted by Crippen LogP contribution is 2.42. The van der Waals surface area contributed by atoms with Gasteiger partial charge in [0.1, 0.15) is 22.5 Å². The Bertz CT molecular complexity index is 984. The second-order valence-corrected chi connectivity index (χ2v) is 7.28. The Balaban J connectivity index is 1.86. The van der Waals surface area contributed by atoms with E-state index in [1.807, 2.05) is 19.1 Å². The van der Waals surface area contributed by atoms with Crippen LogP contribution in [0.2, 0.25) is 5.02 Å². The topological polar surface area (TPSA) is 84.8 Å². The lowest BCUT2D eigenvalue weighted by atomic mass is 10.1. The van der Waals surface area contributed by atoms with Crippen LogP contribution in [0.4, 0.5) is 11.4 Å². The molecule has 0 radical (unpaired) electrons. The Morgan fingerprint density at radius 3 is 2.64 bits per heavy atom. The lowest BCUT2D eigenvalue weighted by Gasteiger charge is -2.36. The molecule has 1 amide bonds. The van der Waals surface area contributed by atoms with Crippen LogP contribution in [0.15, 0.2) is 36.4 Å². The lowest BCUT2D eigenvalue weighted by Crippen LogP contribution is -2.53. The third kappa shape index (κ3) is 2.71. The van der Waals surface area contributed by atoms with Crippen molar-refractivity contribution in [3.63, 3.8) is 0 Å². The maximum absolute atomic E-state index is 12.4. The predicted octanol–water partition coefficient (Wildman–Crippen LogP) is 3.89. The van der Waals surface area contributed by atoms with Crippen LogP contribution in [0, 0.1) is 0 Å². The number of fused-ring (bicyclic) bond motifs is 3. The van der Waals surface area contributed by atoms with Gasteiger partial charge in [0, 0.05) is 33.3 Å². The van der Waals surface area contributed by atoms with Gasteiger partial charge >= 0.3 is 0 Å². The first-order chi connectivity index (χ1) is 11.9. The molecule has 8 heteroatoms. The second-order valence-electron chi connectivity index (χ2n) is 5.79. The minimum absolute atomic E-state index is 0.0605. The van der Waals surface area contributed by atoms with Gasteiger partial charge in [-0.3, -0.25) is 15.2 Å². The Morgan fingerprint density at radius 1 is 1.20 bits per heavy atom. The average Bonchev–Trinajstić information content (AvgIpc) is 2.89. The molecule has 0 bridgehead atoms. The van der Waals surface area contributed by atoms with Crippen molar-refractivity contribution in [3.8, 4) is 11.5 Å². The predicted molar refractivity (Wildman–Crippen MR) is 99.6 cm³/mol. The highest BCUT2D eigenvalue weighted by atomic mass is 35.5. The zero-order chi connectivity index (χ0) is 17.7. The van der Waals surface area contributed by atoms with Crippen molar-refractivity contribution < 1.29 is 15.0 Å². The normalized spacial score (nSPS) is 16.6. The number of phenolic OH excluding ortho intramolecular Hbond substituents is 2. The number of hydrogen-bond donors (Lipinski definition) is 4. The summed E-state index contributed by atoms with van der Waals surface area (Å²) in [5.74, 6) is -0.263. The van der Waals surface area contributed by atoms with Gasteiger partial charge in [0.2, 0.25) is 0 Å². The van der Waals surface area contributed by atoms with Crippen LogP contribution in [0.5, 0.6) is 11.5 Å². The number of carbonyl (C=O) groups excluding carboxylic acids is 1. The van der Waals surface area contributed by atoms with E-state index in [1.165, 1.54) is 29.5 Å². The van der Waals surface area contributed by atoms with Gasteiger partial charge in [-0.1, -0.05) is 11.6 Å². The van der Waals surface area contributed by atoms with E-state index in [-0.39, 0.29) is 23.6 Å². The molecule has 2 heterocycles. The molecule has 4 rings (SSSR count). The van der Waals surface area contributed by atoms with Crippen molar-refractivity contribution in [1.82, 2.24) is 5.32 Å². The van der Waals surface area contributed by atoms with Crippen LogP contribution in [-0.4, -0.2) is 22.3 Å². The first-order valence-corrected chi connectivity index (χ1v) is 8.73. The van der Waals surface area contributed by atoms with E-state index in [1.54, 1.807) is 11.1 Å². The number of halogens is 1. The molecule has 0 aliphatic carbocycles. The summed E-state index contributed by atoms with van der Waals surface area (Å²) in [6.45, 7) is 1.84. The van der Waals surface area contributed by atoms with E-state index >= 15 is 0 Å². The van der Waals surface area contributed by atoms with E-state index in [2.05, 4.69) is 10.7 Å². The van der Waals surface area contributed by atoms with Gasteiger partial charge in [-0.15, -0.1) is 11.3 Å². The standard InChI is InChI=1S/C17H14ClN3O3S/c1-8-19-17(24)16-15(13-4-9(18)2-3-14(13)25-16)21(8)20-10-5-11(22)7-12(23)6-10/h2-8,20,22-23H,1H3,(H,19,24). The zero-order valence-electron chi connectivity index (χ0n) is 13.1. The molecule has 1 aliphatic rings. The number of thiophene rings is 1. The minimum atomic E-state index is -0.346. The average molecular weight is 376 g/mol. The number of benzene rings is 2. The summed E-state index contributed by atoms with van der Waals surface area (Å²) in [5, 5.41) is 25.5. The zero-order valence-corrected chi connectivity index (χ0v) is 14.6. The van der Waals surface area contributed by atoms with Gasteiger partial charge in [-0.2, -0.15) is 0 Å². The Kier molecular flexibility index (Phi) is 3.63. The van der Waals surface area contributed by atoms with Crippen LogP contribution in [-0.2, 0) is 0 Å². The number of rotatable bonds is 2. The van der Waals surface area contributed by atoms with Crippen LogP contribution < -0.4 is 15.8 Å². The number of nitrogens with zero attached hydrogens (tertiary/aromatic N) is 1. The minimum Gasteiger partial charge on any atom is -0.508 e. The number of carbonyl (C=O) groups is 1. The summed E-state index contributed by atoms with van der Waals surface area (Å²) in [6.07, 6.45) is -0.346. The Hall–Kier alpha value is -2.64. The first kappa shape index (κ1) is 15.9. The van der Waals surface area contributed by atoms with E-state index in [4.69, 9.17) is 11.6 Å². The monoisotopic (exact) mass is 375 g/mol. The Labute approximate surface area is 152 Å². The fraction of sp³-hybridized carbons (Fsp3) is 0.118. The summed E-state index contributed by atoms with van der Waals surface area (Å²) in [4.78, 5) is 13.0. The van der Waals surface area contributed by atoms with Gasteiger partial charge in [0.05, 0.1) is 11.4 Å². The molecule has 0 fully saturated rings. The smallest absolute Gasteiger partial charge is 0.265 e. The van der Waals surface area contributed by atoms with Crippen LogP contribution in [0.25, 0.3) is 10.1 Å². The maximum atomic E-state index is 12.4. The molecule has 2 aromatic carbocycles. The molecule has 0 saturated heterocycles. The van der Waals surface area contributed by atoms with Crippen LogP contribution in [0.1, 0.15) is 16.6 Å². The molecule has 0 saturated carbocycles. The van der Waals surface area contributed by atoms with Crippen molar-refractivity contribution >= 4 is 50.3 Å². The second kappa shape index (κ2) is 5.72. The Morgan fingerprint density at radius 2 is 1.92 bits per heavy atom. The number of nitrogens with one attached hydrogen (secondary N) is 2. The number of phenols is 2. The molecule has 1 aromatic heterocycles. The number of anilines is 2. The molecule has 1 unspecified atom stereocenters. The molecule has 128 valence electrons. The number of hydrazine groups is 1. The number of hydrogen-bond acceptors (Lipinski definition) is 6. The highest BCUT2D eigenvalue weighted by Gasteiger charge is 2.32. The molecular formula is C17H14ClN3O3S. The summed E-state index contributed by atoms with van der Waals surface area (Å²) in [7, 11) is 0. The van der Waals surface area contributed by atoms with Crippen LogP contribution >= 0.6 is 22.9 Å². The van der Waals surface area contributed by atoms with Crippen molar-refractivity contribution in [2.24, 2.45) is 0 Å². The molecule has 1 aliphatic heterocycles. The van der Waals surface area contributed by atoms with Gasteiger partial charge < -0.3 is 15.5 Å². The lowest BCUT2D eigenvalue weighted by molar-refractivity contribution is 0.0937. The van der Waals surface area contributed by atoms with Crippen molar-refractivity contribution in [3.05, 3.63) is 46.3 Å². The number of aromatic hydroxyl groups is 2. The third-order valence-corrected chi connectivity index (χ3v) is 5.34. The van der Waals surface area contributed by atoms with E-state index in [0.29, 0.717) is 15.6 Å². The number of amides is 1. The SMILES string of the molecule is CC1NC(=O)c2sc3ccc(Cl)cc3c2N1Nc1cc(O)cc(O)c1. The molecule has 4 N–H and O–H groups in total. The van der Waals surface area contributed by atoms with Gasteiger partial charge in [-0.05, 0) is 25.1 Å². The van der Waals surface area contributed by atoms with Crippen molar-refractivity contribution in [1.29, 1.82) is 0 Å². The molecule has 6 nitrogen and oxygen atoms in total. The fourth-order valence-electron chi connectivity index (χ4n) is 2.91. The van der Waals surface area contributed by atoms with E-state index in [9.17, 15) is 15.0 Å². The van der Waals surface area contributed by atoms with Crippen molar-refractivity contribution in [2.45, 2.75) is 13.1 Å². The maximum Gasteiger partial charge on any atom is 0.265 e. The fourth-order valence-corrected chi connectivity index (χ4v) is 4.17. The van der Waals surface area contributed by atoms with Gasteiger partial charge in [0.25, 0.3) is 5.91 Å². The van der Waals surface area contributed by atoms with Gasteiger partial charge in [-0.25, -0.2) is 0 Å². The quantitative estimate of drug-likeness (QED) is 0.546. The molecule has 25 heavy (non-hydrogen) atoms. The largest absolute Gasteiger partial charge is 0.508 e. The van der Waals surface area contributed by atoms with Crippen LogP contribution in [0.3, 0.4) is 0 Å². The summed E-state index contributed by atoms with van der Waals surface area (Å²) < 4.78 is 0.948. The van der Waals surface area contributed by atoms with E-state index < -0.39 is 0 Å². The molecule has 0 spiro atoms. The van der Waals surface area contributed by atoms with Crippen molar-refractivity contribution in [2.75, 3.05) is 10.4 Å². The van der Waals surface area contributed by atoms with Gasteiger partial charge in [0.15, 0.2) is 0 Å². The first-order valence-electron chi connectivity index (χ1n) is 7.54. The van der Waals surface area contributed by atoms with E-state index in [0.717, 1.165) is 15.8 Å². The summed E-state index contributed by atoms with van der Waals surface area (Å²) >= 11 is 7.53. The molecular weight excluding hydrogens is 362 g/mol.